The lowest BCUT2D eigenvalue weighted by Gasteiger charge is -2.32. The Balaban J connectivity index is 2.11. The van der Waals surface area contributed by atoms with Crippen molar-refractivity contribution in [2.75, 3.05) is 6.61 Å². The molecule has 0 aliphatic carbocycles. The van der Waals surface area contributed by atoms with Crippen LogP contribution in [0, 0.1) is 0 Å². The van der Waals surface area contributed by atoms with Crippen LogP contribution in [0.5, 0.6) is 5.75 Å². The molecule has 2 rings (SSSR count). The van der Waals surface area contributed by atoms with Crippen LogP contribution in [-0.4, -0.2) is 11.7 Å². The zero-order chi connectivity index (χ0) is 15.7. The lowest BCUT2D eigenvalue weighted by molar-refractivity contribution is -0.266. The van der Waals surface area contributed by atoms with Crippen molar-refractivity contribution in [3.63, 3.8) is 0 Å². The third kappa shape index (κ3) is 2.95. The SMILES string of the molecule is CCCCCCOc1ccc2c(c1)C(C)(C)N([O])C2(C)C. The monoisotopic (exact) mass is 290 g/mol. The molecule has 0 bridgehead atoms. The largest absolute Gasteiger partial charge is 0.494 e. The maximum absolute atomic E-state index is 12.5. The lowest BCUT2D eigenvalue weighted by atomic mass is 9.90. The minimum atomic E-state index is -0.500. The van der Waals surface area contributed by atoms with Crippen molar-refractivity contribution in [2.45, 2.75) is 71.4 Å². The van der Waals surface area contributed by atoms with E-state index >= 15 is 0 Å². The predicted octanol–water partition coefficient (Wildman–Crippen LogP) is 4.78. The first kappa shape index (κ1) is 16.3. The van der Waals surface area contributed by atoms with Crippen LogP contribution >= 0.6 is 0 Å². The fourth-order valence-electron chi connectivity index (χ4n) is 3.29. The van der Waals surface area contributed by atoms with E-state index in [1.807, 2.05) is 33.8 Å². The Morgan fingerprint density at radius 2 is 1.67 bits per heavy atom. The fraction of sp³-hybridized carbons (Fsp3) is 0.667. The number of nitrogens with zero attached hydrogens (tertiary/aromatic N) is 1. The highest BCUT2D eigenvalue weighted by atomic mass is 16.5. The van der Waals surface area contributed by atoms with E-state index in [4.69, 9.17) is 4.74 Å². The zero-order valence-electron chi connectivity index (χ0n) is 14.0. The molecular weight excluding hydrogens is 262 g/mol. The molecule has 3 heteroatoms. The number of hydroxylamine groups is 2. The van der Waals surface area contributed by atoms with Gasteiger partial charge in [-0.15, -0.1) is 10.3 Å². The first-order valence-corrected chi connectivity index (χ1v) is 8.07. The van der Waals surface area contributed by atoms with Crippen LogP contribution in [-0.2, 0) is 16.3 Å². The van der Waals surface area contributed by atoms with Gasteiger partial charge in [0, 0.05) is 0 Å². The number of rotatable bonds is 6. The number of hydrogen-bond donors (Lipinski definition) is 0. The van der Waals surface area contributed by atoms with Crippen LogP contribution in [0.3, 0.4) is 0 Å². The van der Waals surface area contributed by atoms with Crippen molar-refractivity contribution >= 4 is 0 Å². The van der Waals surface area contributed by atoms with Gasteiger partial charge in [0.2, 0.25) is 0 Å². The van der Waals surface area contributed by atoms with Gasteiger partial charge in [-0.05, 0) is 57.4 Å². The van der Waals surface area contributed by atoms with Crippen LogP contribution in [0.25, 0.3) is 0 Å². The van der Waals surface area contributed by atoms with Crippen LogP contribution in [0.4, 0.5) is 0 Å². The van der Waals surface area contributed by atoms with Gasteiger partial charge in [-0.25, -0.2) is 0 Å². The number of fused-ring (bicyclic) bond motifs is 1. The first-order chi connectivity index (χ1) is 9.81. The van der Waals surface area contributed by atoms with Crippen molar-refractivity contribution < 1.29 is 9.94 Å². The van der Waals surface area contributed by atoms with Crippen molar-refractivity contribution in [1.29, 1.82) is 0 Å². The van der Waals surface area contributed by atoms with E-state index in [-0.39, 0.29) is 0 Å². The second-order valence-corrected chi connectivity index (χ2v) is 7.03. The molecule has 0 aromatic heterocycles. The molecule has 117 valence electrons. The predicted molar refractivity (Wildman–Crippen MR) is 84.7 cm³/mol. The number of unbranched alkanes of at least 4 members (excludes halogenated alkanes) is 3. The summed E-state index contributed by atoms with van der Waals surface area (Å²) in [5, 5.41) is 13.7. The Hall–Kier alpha value is -1.06. The van der Waals surface area contributed by atoms with Gasteiger partial charge in [0.25, 0.3) is 0 Å². The van der Waals surface area contributed by atoms with Gasteiger partial charge in [0.05, 0.1) is 17.7 Å². The highest BCUT2D eigenvalue weighted by Gasteiger charge is 2.50. The average Bonchev–Trinajstić information content (AvgIpc) is 2.57. The summed E-state index contributed by atoms with van der Waals surface area (Å²) in [6.07, 6.45) is 4.81. The Morgan fingerprint density at radius 1 is 1.00 bits per heavy atom. The van der Waals surface area contributed by atoms with E-state index in [2.05, 4.69) is 19.1 Å². The maximum Gasteiger partial charge on any atom is 0.119 e. The smallest absolute Gasteiger partial charge is 0.119 e. The standard InChI is InChI=1S/C18H28NO2/c1-6-7-8-9-12-21-14-10-11-15-16(13-14)18(4,5)19(20)17(15,2)3/h10-11,13H,6-9,12H2,1-5H3. The highest BCUT2D eigenvalue weighted by Crippen LogP contribution is 2.49. The van der Waals surface area contributed by atoms with Crippen LogP contribution < -0.4 is 4.74 Å². The molecule has 1 aliphatic rings. The molecule has 1 aromatic carbocycles. The Morgan fingerprint density at radius 3 is 2.33 bits per heavy atom. The van der Waals surface area contributed by atoms with Crippen molar-refractivity contribution in [2.24, 2.45) is 0 Å². The molecule has 0 amide bonds. The number of ether oxygens (including phenoxy) is 1. The first-order valence-electron chi connectivity index (χ1n) is 8.07. The van der Waals surface area contributed by atoms with Crippen molar-refractivity contribution in [3.05, 3.63) is 29.3 Å². The van der Waals surface area contributed by atoms with Gasteiger partial charge in [0.15, 0.2) is 0 Å². The van der Waals surface area contributed by atoms with E-state index in [1.54, 1.807) is 0 Å². The third-order valence-corrected chi connectivity index (χ3v) is 4.59. The van der Waals surface area contributed by atoms with E-state index in [0.29, 0.717) is 0 Å². The average molecular weight is 290 g/mol. The Bertz CT molecular complexity index is 494. The van der Waals surface area contributed by atoms with Crippen LogP contribution in [0.1, 0.15) is 71.4 Å². The van der Waals surface area contributed by atoms with Gasteiger partial charge in [-0.1, -0.05) is 32.3 Å². The molecule has 0 saturated heterocycles. The van der Waals surface area contributed by atoms with Gasteiger partial charge in [0.1, 0.15) is 5.75 Å². The van der Waals surface area contributed by atoms with Gasteiger partial charge in [-0.3, -0.25) is 0 Å². The second-order valence-electron chi connectivity index (χ2n) is 7.03. The molecule has 1 radical (unpaired) electrons. The lowest BCUT2D eigenvalue weighted by Crippen LogP contribution is -2.41. The molecular formula is C18H28NO2. The highest BCUT2D eigenvalue weighted by molar-refractivity contribution is 5.46. The molecule has 21 heavy (non-hydrogen) atoms. The van der Waals surface area contributed by atoms with Crippen molar-refractivity contribution in [1.82, 2.24) is 5.06 Å². The van der Waals surface area contributed by atoms with Gasteiger partial charge >= 0.3 is 0 Å². The Labute approximate surface area is 128 Å². The van der Waals surface area contributed by atoms with Gasteiger partial charge < -0.3 is 4.74 Å². The minimum absolute atomic E-state index is 0.474. The summed E-state index contributed by atoms with van der Waals surface area (Å²) < 4.78 is 5.85. The van der Waals surface area contributed by atoms with Crippen LogP contribution in [0.2, 0.25) is 0 Å². The topological polar surface area (TPSA) is 32.4 Å². The van der Waals surface area contributed by atoms with Gasteiger partial charge in [-0.2, -0.15) is 0 Å². The molecule has 1 heterocycles. The summed E-state index contributed by atoms with van der Waals surface area (Å²) in [5.74, 6) is 0.879. The third-order valence-electron chi connectivity index (χ3n) is 4.59. The molecule has 0 saturated carbocycles. The summed E-state index contributed by atoms with van der Waals surface area (Å²) in [6.45, 7) is 10.9. The summed E-state index contributed by atoms with van der Waals surface area (Å²) >= 11 is 0. The molecule has 0 spiro atoms. The molecule has 3 nitrogen and oxygen atoms in total. The van der Waals surface area contributed by atoms with E-state index in [0.717, 1.165) is 29.9 Å². The molecule has 0 atom stereocenters. The minimum Gasteiger partial charge on any atom is -0.494 e. The maximum atomic E-state index is 12.5. The summed E-state index contributed by atoms with van der Waals surface area (Å²) in [5.41, 5.74) is 1.23. The van der Waals surface area contributed by atoms with E-state index < -0.39 is 11.1 Å². The van der Waals surface area contributed by atoms with Crippen molar-refractivity contribution in [3.8, 4) is 5.75 Å². The fourth-order valence-corrected chi connectivity index (χ4v) is 3.29. The zero-order valence-corrected chi connectivity index (χ0v) is 14.0. The van der Waals surface area contributed by atoms with Crippen LogP contribution in [0.15, 0.2) is 18.2 Å². The number of benzene rings is 1. The molecule has 0 N–H and O–H groups in total. The molecule has 0 fully saturated rings. The van der Waals surface area contributed by atoms with E-state index in [1.165, 1.54) is 24.3 Å². The quantitative estimate of drug-likeness (QED) is 0.706. The summed E-state index contributed by atoms with van der Waals surface area (Å²) in [6, 6.07) is 6.10. The molecule has 1 aromatic rings. The molecule has 0 unspecified atom stereocenters. The summed E-state index contributed by atoms with van der Waals surface area (Å²) in [7, 11) is 0. The number of hydrogen-bond acceptors (Lipinski definition) is 2. The summed E-state index contributed by atoms with van der Waals surface area (Å²) in [4.78, 5) is 0. The normalized spacial score (nSPS) is 19.5. The second kappa shape index (κ2) is 5.98. The van der Waals surface area contributed by atoms with E-state index in [9.17, 15) is 5.21 Å². The molecule has 1 aliphatic heterocycles. The Kier molecular flexibility index (Phi) is 4.64.